The van der Waals surface area contributed by atoms with E-state index in [9.17, 15) is 0 Å². The zero-order valence-electron chi connectivity index (χ0n) is 11.4. The highest BCUT2D eigenvalue weighted by molar-refractivity contribution is 5.54. The predicted molar refractivity (Wildman–Crippen MR) is 72.7 cm³/mol. The number of hydrogen-bond acceptors (Lipinski definition) is 4. The van der Waals surface area contributed by atoms with E-state index in [1.165, 1.54) is 0 Å². The summed E-state index contributed by atoms with van der Waals surface area (Å²) in [5, 5.41) is 3.24. The highest BCUT2D eigenvalue weighted by atomic mass is 16.5. The maximum atomic E-state index is 5.33. The van der Waals surface area contributed by atoms with E-state index in [1.807, 2.05) is 25.3 Å². The quantitative estimate of drug-likeness (QED) is 0.756. The van der Waals surface area contributed by atoms with Crippen molar-refractivity contribution >= 4 is 0 Å². The van der Waals surface area contributed by atoms with Gasteiger partial charge in [-0.3, -0.25) is 0 Å². The Balaban J connectivity index is 3.25. The molecule has 1 unspecified atom stereocenters. The Morgan fingerprint density at radius 3 is 2.06 bits per heavy atom. The topological polar surface area (TPSA) is 39.7 Å². The predicted octanol–water partition coefficient (Wildman–Crippen LogP) is 2.55. The summed E-state index contributed by atoms with van der Waals surface area (Å²) >= 11 is 0. The van der Waals surface area contributed by atoms with Gasteiger partial charge in [-0.25, -0.2) is 0 Å². The Morgan fingerprint density at radius 1 is 1.17 bits per heavy atom. The van der Waals surface area contributed by atoms with E-state index in [0.717, 1.165) is 12.0 Å². The summed E-state index contributed by atoms with van der Waals surface area (Å²) in [6.45, 7) is 3.77. The molecule has 0 heterocycles. The van der Waals surface area contributed by atoms with E-state index in [1.54, 1.807) is 21.3 Å². The van der Waals surface area contributed by atoms with Gasteiger partial charge in [0.2, 0.25) is 5.75 Å². The first-order valence-corrected chi connectivity index (χ1v) is 5.79. The average Bonchev–Trinajstić information content (AvgIpc) is 2.42. The van der Waals surface area contributed by atoms with E-state index < -0.39 is 0 Å². The minimum Gasteiger partial charge on any atom is -0.493 e. The van der Waals surface area contributed by atoms with Crippen LogP contribution < -0.4 is 19.5 Å². The molecular weight excluding hydrogens is 230 g/mol. The van der Waals surface area contributed by atoms with Crippen molar-refractivity contribution in [3.05, 3.63) is 30.4 Å². The van der Waals surface area contributed by atoms with Crippen molar-refractivity contribution < 1.29 is 14.2 Å². The summed E-state index contributed by atoms with van der Waals surface area (Å²) in [5.74, 6) is 1.93. The molecule has 0 aliphatic rings. The number of hydrogen-bond donors (Lipinski definition) is 1. The highest BCUT2D eigenvalue weighted by Crippen LogP contribution is 2.40. The van der Waals surface area contributed by atoms with Crippen LogP contribution in [0, 0.1) is 0 Å². The maximum Gasteiger partial charge on any atom is 0.203 e. The summed E-state index contributed by atoms with van der Waals surface area (Å²) < 4.78 is 16.0. The molecule has 0 aliphatic heterocycles. The van der Waals surface area contributed by atoms with Gasteiger partial charge in [-0.15, -0.1) is 6.58 Å². The Labute approximate surface area is 109 Å². The molecule has 0 bridgehead atoms. The lowest BCUT2D eigenvalue weighted by Crippen LogP contribution is -2.15. The van der Waals surface area contributed by atoms with Crippen LogP contribution in [0.2, 0.25) is 0 Å². The van der Waals surface area contributed by atoms with Gasteiger partial charge in [0, 0.05) is 6.04 Å². The molecule has 0 amide bonds. The molecule has 0 saturated carbocycles. The molecule has 0 fully saturated rings. The second-order valence-electron chi connectivity index (χ2n) is 3.82. The third-order valence-corrected chi connectivity index (χ3v) is 2.84. The minimum atomic E-state index is 0.177. The van der Waals surface area contributed by atoms with Gasteiger partial charge in [-0.05, 0) is 31.2 Å². The standard InChI is InChI=1S/C14H21NO3/c1-6-7-11(15-2)10-8-12(16-3)14(18-5)13(9-10)17-4/h6,8-9,11,15H,1,7H2,2-5H3. The Morgan fingerprint density at radius 2 is 1.72 bits per heavy atom. The van der Waals surface area contributed by atoms with Crippen LogP contribution in [0.5, 0.6) is 17.2 Å². The molecule has 0 saturated heterocycles. The SMILES string of the molecule is C=CCC(NC)c1cc(OC)c(OC)c(OC)c1. The zero-order valence-corrected chi connectivity index (χ0v) is 11.4. The van der Waals surface area contributed by atoms with Crippen LogP contribution in [-0.2, 0) is 0 Å². The maximum absolute atomic E-state index is 5.33. The summed E-state index contributed by atoms with van der Waals surface area (Å²) in [6, 6.07) is 4.08. The highest BCUT2D eigenvalue weighted by Gasteiger charge is 2.16. The number of ether oxygens (including phenoxy) is 3. The first-order valence-electron chi connectivity index (χ1n) is 5.79. The second kappa shape index (κ2) is 6.91. The number of nitrogens with one attached hydrogen (secondary N) is 1. The third-order valence-electron chi connectivity index (χ3n) is 2.84. The van der Waals surface area contributed by atoms with Gasteiger partial charge < -0.3 is 19.5 Å². The first kappa shape index (κ1) is 14.4. The lowest BCUT2D eigenvalue weighted by atomic mass is 10.0. The van der Waals surface area contributed by atoms with Crippen molar-refractivity contribution in [2.24, 2.45) is 0 Å². The fourth-order valence-electron chi connectivity index (χ4n) is 1.89. The molecule has 4 nitrogen and oxygen atoms in total. The van der Waals surface area contributed by atoms with Crippen LogP contribution in [-0.4, -0.2) is 28.4 Å². The van der Waals surface area contributed by atoms with Crippen molar-refractivity contribution in [1.82, 2.24) is 5.32 Å². The molecule has 4 heteroatoms. The molecule has 0 aliphatic carbocycles. The summed E-state index contributed by atoms with van der Waals surface area (Å²) in [5.41, 5.74) is 1.08. The van der Waals surface area contributed by atoms with Gasteiger partial charge in [0.25, 0.3) is 0 Å². The second-order valence-corrected chi connectivity index (χ2v) is 3.82. The molecule has 1 N–H and O–H groups in total. The average molecular weight is 251 g/mol. The van der Waals surface area contributed by atoms with E-state index >= 15 is 0 Å². The summed E-state index contributed by atoms with van der Waals surface area (Å²) in [4.78, 5) is 0. The lowest BCUT2D eigenvalue weighted by Gasteiger charge is -2.19. The first-order chi connectivity index (χ1) is 8.71. The molecule has 0 spiro atoms. The monoisotopic (exact) mass is 251 g/mol. The van der Waals surface area contributed by atoms with Gasteiger partial charge >= 0.3 is 0 Å². The number of benzene rings is 1. The van der Waals surface area contributed by atoms with E-state index in [4.69, 9.17) is 14.2 Å². The van der Waals surface area contributed by atoms with Crippen LogP contribution in [0.4, 0.5) is 0 Å². The lowest BCUT2D eigenvalue weighted by molar-refractivity contribution is 0.323. The van der Waals surface area contributed by atoms with Gasteiger partial charge in [-0.1, -0.05) is 6.08 Å². The van der Waals surface area contributed by atoms with Crippen LogP contribution in [0.1, 0.15) is 18.0 Å². The fraction of sp³-hybridized carbons (Fsp3) is 0.429. The fourth-order valence-corrected chi connectivity index (χ4v) is 1.89. The number of rotatable bonds is 7. The third kappa shape index (κ3) is 2.96. The largest absolute Gasteiger partial charge is 0.493 e. The molecule has 100 valence electrons. The molecule has 1 aromatic rings. The zero-order chi connectivity index (χ0) is 13.5. The van der Waals surface area contributed by atoms with Crippen molar-refractivity contribution in [2.45, 2.75) is 12.5 Å². The molecule has 1 aromatic carbocycles. The van der Waals surface area contributed by atoms with E-state index in [2.05, 4.69) is 11.9 Å². The van der Waals surface area contributed by atoms with Crippen LogP contribution in [0.25, 0.3) is 0 Å². The Kier molecular flexibility index (Phi) is 5.52. The van der Waals surface area contributed by atoms with Crippen molar-refractivity contribution in [3.8, 4) is 17.2 Å². The van der Waals surface area contributed by atoms with Crippen LogP contribution in [0.3, 0.4) is 0 Å². The molecular formula is C14H21NO3. The van der Waals surface area contributed by atoms with E-state index in [-0.39, 0.29) is 6.04 Å². The van der Waals surface area contributed by atoms with Crippen LogP contribution >= 0.6 is 0 Å². The van der Waals surface area contributed by atoms with Crippen molar-refractivity contribution in [1.29, 1.82) is 0 Å². The molecule has 0 radical (unpaired) electrons. The van der Waals surface area contributed by atoms with Gasteiger partial charge in [0.1, 0.15) is 0 Å². The van der Waals surface area contributed by atoms with Gasteiger partial charge in [0.15, 0.2) is 11.5 Å². The van der Waals surface area contributed by atoms with Crippen LogP contribution in [0.15, 0.2) is 24.8 Å². The van der Waals surface area contributed by atoms with Crippen molar-refractivity contribution in [3.63, 3.8) is 0 Å². The molecule has 1 atom stereocenters. The molecule has 18 heavy (non-hydrogen) atoms. The minimum absolute atomic E-state index is 0.177. The smallest absolute Gasteiger partial charge is 0.203 e. The summed E-state index contributed by atoms with van der Waals surface area (Å²) in [6.07, 6.45) is 2.71. The Hall–Kier alpha value is -1.68. The van der Waals surface area contributed by atoms with E-state index in [0.29, 0.717) is 17.2 Å². The number of methoxy groups -OCH3 is 3. The Bertz CT molecular complexity index is 379. The normalized spacial score (nSPS) is 11.8. The van der Waals surface area contributed by atoms with Gasteiger partial charge in [-0.2, -0.15) is 0 Å². The van der Waals surface area contributed by atoms with Gasteiger partial charge in [0.05, 0.1) is 21.3 Å². The molecule has 0 aromatic heterocycles. The van der Waals surface area contributed by atoms with Crippen molar-refractivity contribution in [2.75, 3.05) is 28.4 Å². The molecule has 1 rings (SSSR count). The summed E-state index contributed by atoms with van der Waals surface area (Å²) in [7, 11) is 6.74.